The molecule has 0 atom stereocenters. The Labute approximate surface area is 154 Å². The Morgan fingerprint density at radius 2 is 1.96 bits per heavy atom. The van der Waals surface area contributed by atoms with Crippen molar-refractivity contribution >= 4 is 23.2 Å². The van der Waals surface area contributed by atoms with Crippen molar-refractivity contribution in [2.45, 2.75) is 32.6 Å². The van der Waals surface area contributed by atoms with Crippen molar-refractivity contribution in [1.82, 2.24) is 0 Å². The van der Waals surface area contributed by atoms with Gasteiger partial charge in [-0.2, -0.15) is 0 Å². The maximum Gasteiger partial charge on any atom is 0.262 e. The zero-order valence-electron chi connectivity index (χ0n) is 15.2. The van der Waals surface area contributed by atoms with Crippen molar-refractivity contribution in [2.75, 3.05) is 23.4 Å². The normalized spacial score (nSPS) is 14.0. The lowest BCUT2D eigenvalue weighted by Gasteiger charge is -2.16. The lowest BCUT2D eigenvalue weighted by molar-refractivity contribution is -0.118. The zero-order valence-corrected chi connectivity index (χ0v) is 15.2. The average Bonchev–Trinajstić information content (AvgIpc) is 3.07. The van der Waals surface area contributed by atoms with Crippen molar-refractivity contribution < 1.29 is 14.3 Å². The number of nitrogens with one attached hydrogen (secondary N) is 1. The summed E-state index contributed by atoms with van der Waals surface area (Å²) in [5.41, 5.74) is 2.79. The number of rotatable bonds is 6. The van der Waals surface area contributed by atoms with Crippen molar-refractivity contribution in [3.63, 3.8) is 0 Å². The summed E-state index contributed by atoms with van der Waals surface area (Å²) in [7, 11) is 0. The summed E-state index contributed by atoms with van der Waals surface area (Å²) in [5, 5.41) is 2.83. The molecule has 5 heteroatoms. The Bertz CT molecular complexity index is 784. The van der Waals surface area contributed by atoms with Gasteiger partial charge in [-0.25, -0.2) is 0 Å². The molecule has 1 heterocycles. The molecule has 0 unspecified atom stereocenters. The Hall–Kier alpha value is -2.82. The van der Waals surface area contributed by atoms with Crippen LogP contribution < -0.4 is 15.0 Å². The van der Waals surface area contributed by atoms with Crippen LogP contribution in [0, 0.1) is 0 Å². The first kappa shape index (κ1) is 18.0. The van der Waals surface area contributed by atoms with E-state index in [-0.39, 0.29) is 18.4 Å². The van der Waals surface area contributed by atoms with Crippen LogP contribution in [-0.2, 0) is 9.59 Å². The summed E-state index contributed by atoms with van der Waals surface area (Å²) in [6.07, 6.45) is 1.46. The average molecular weight is 352 g/mol. The highest BCUT2D eigenvalue weighted by molar-refractivity contribution is 5.95. The molecule has 0 bridgehead atoms. The molecule has 0 aromatic heterocycles. The van der Waals surface area contributed by atoms with Crippen LogP contribution in [-0.4, -0.2) is 25.0 Å². The largest absolute Gasteiger partial charge is 0.484 e. The molecule has 1 N–H and O–H groups in total. The Kier molecular flexibility index (Phi) is 5.56. The summed E-state index contributed by atoms with van der Waals surface area (Å²) in [6, 6.07) is 15.1. The van der Waals surface area contributed by atoms with Gasteiger partial charge >= 0.3 is 0 Å². The fraction of sp³-hybridized carbons (Fsp3) is 0.333. The van der Waals surface area contributed by atoms with E-state index in [0.717, 1.165) is 24.3 Å². The first-order valence-corrected chi connectivity index (χ1v) is 8.96. The number of carbonyl (C=O) groups excluding carboxylic acids is 2. The van der Waals surface area contributed by atoms with Gasteiger partial charge in [0.1, 0.15) is 5.75 Å². The van der Waals surface area contributed by atoms with Gasteiger partial charge in [0.25, 0.3) is 5.91 Å². The number of nitrogens with zero attached hydrogens (tertiary/aromatic N) is 1. The molecular weight excluding hydrogens is 328 g/mol. The van der Waals surface area contributed by atoms with Crippen LogP contribution in [0.25, 0.3) is 0 Å². The van der Waals surface area contributed by atoms with E-state index in [0.29, 0.717) is 18.1 Å². The SMILES string of the molecule is CC(C)c1ccc(NC(=O)COc2cccc(N3CCCC3=O)c2)cc1. The molecule has 1 aliphatic rings. The lowest BCUT2D eigenvalue weighted by atomic mass is 10.0. The summed E-state index contributed by atoms with van der Waals surface area (Å²) in [6.45, 7) is 4.91. The number of hydrogen-bond acceptors (Lipinski definition) is 3. The summed E-state index contributed by atoms with van der Waals surface area (Å²) >= 11 is 0. The number of anilines is 2. The van der Waals surface area contributed by atoms with Crippen molar-refractivity contribution in [3.05, 3.63) is 54.1 Å². The molecule has 2 aromatic rings. The molecule has 0 saturated carbocycles. The van der Waals surface area contributed by atoms with Crippen LogP contribution in [0.15, 0.2) is 48.5 Å². The van der Waals surface area contributed by atoms with Crippen molar-refractivity contribution in [1.29, 1.82) is 0 Å². The molecule has 2 amide bonds. The number of hydrogen-bond donors (Lipinski definition) is 1. The van der Waals surface area contributed by atoms with E-state index >= 15 is 0 Å². The summed E-state index contributed by atoms with van der Waals surface area (Å²) in [5.74, 6) is 0.944. The quantitative estimate of drug-likeness (QED) is 0.856. The molecule has 0 spiro atoms. The molecule has 26 heavy (non-hydrogen) atoms. The topological polar surface area (TPSA) is 58.6 Å². The Morgan fingerprint density at radius 1 is 1.19 bits per heavy atom. The molecule has 136 valence electrons. The van der Waals surface area contributed by atoms with Crippen LogP contribution >= 0.6 is 0 Å². The van der Waals surface area contributed by atoms with E-state index in [4.69, 9.17) is 4.74 Å². The van der Waals surface area contributed by atoms with Gasteiger partial charge in [0.15, 0.2) is 6.61 Å². The second-order valence-corrected chi connectivity index (χ2v) is 6.76. The monoisotopic (exact) mass is 352 g/mol. The minimum Gasteiger partial charge on any atom is -0.484 e. The number of ether oxygens (including phenoxy) is 1. The maximum absolute atomic E-state index is 12.1. The van der Waals surface area contributed by atoms with E-state index in [1.807, 2.05) is 36.4 Å². The standard InChI is InChI=1S/C21H24N2O3/c1-15(2)16-8-10-17(11-9-16)22-20(24)14-26-19-6-3-5-18(13-19)23-12-4-7-21(23)25/h3,5-6,8-11,13,15H,4,7,12,14H2,1-2H3,(H,22,24). The molecule has 5 nitrogen and oxygen atoms in total. The second-order valence-electron chi connectivity index (χ2n) is 6.76. The Balaban J connectivity index is 1.55. The second kappa shape index (κ2) is 8.04. The predicted molar refractivity (Wildman–Crippen MR) is 103 cm³/mol. The predicted octanol–water partition coefficient (Wildman–Crippen LogP) is 3.95. The fourth-order valence-electron chi connectivity index (χ4n) is 2.96. The highest BCUT2D eigenvalue weighted by atomic mass is 16.5. The number of amides is 2. The van der Waals surface area contributed by atoms with Gasteiger partial charge in [-0.15, -0.1) is 0 Å². The lowest BCUT2D eigenvalue weighted by Crippen LogP contribution is -2.24. The molecule has 3 rings (SSSR count). The molecule has 1 fully saturated rings. The van der Waals surface area contributed by atoms with Gasteiger partial charge in [-0.05, 0) is 42.2 Å². The fourth-order valence-corrected chi connectivity index (χ4v) is 2.96. The van der Waals surface area contributed by atoms with Crippen LogP contribution in [0.2, 0.25) is 0 Å². The van der Waals surface area contributed by atoms with Gasteiger partial charge in [0.05, 0.1) is 0 Å². The smallest absolute Gasteiger partial charge is 0.262 e. The minimum atomic E-state index is -0.218. The number of benzene rings is 2. The van der Waals surface area contributed by atoms with Crippen molar-refractivity contribution in [3.8, 4) is 5.75 Å². The van der Waals surface area contributed by atoms with Gasteiger partial charge in [0, 0.05) is 30.4 Å². The highest BCUT2D eigenvalue weighted by Gasteiger charge is 2.21. The number of carbonyl (C=O) groups is 2. The van der Waals surface area contributed by atoms with E-state index in [1.54, 1.807) is 17.0 Å². The Morgan fingerprint density at radius 3 is 2.62 bits per heavy atom. The van der Waals surface area contributed by atoms with E-state index in [9.17, 15) is 9.59 Å². The first-order valence-electron chi connectivity index (χ1n) is 8.96. The van der Waals surface area contributed by atoms with Crippen LogP contribution in [0.1, 0.15) is 38.2 Å². The molecule has 2 aromatic carbocycles. The van der Waals surface area contributed by atoms with Crippen LogP contribution in [0.3, 0.4) is 0 Å². The van der Waals surface area contributed by atoms with Gasteiger partial charge in [-0.1, -0.05) is 32.0 Å². The van der Waals surface area contributed by atoms with E-state index < -0.39 is 0 Å². The molecule has 0 aliphatic carbocycles. The van der Waals surface area contributed by atoms with Gasteiger partial charge in [-0.3, -0.25) is 9.59 Å². The highest BCUT2D eigenvalue weighted by Crippen LogP contribution is 2.25. The zero-order chi connectivity index (χ0) is 18.5. The minimum absolute atomic E-state index is 0.0800. The van der Waals surface area contributed by atoms with E-state index in [2.05, 4.69) is 19.2 Å². The third-order valence-electron chi connectivity index (χ3n) is 4.43. The maximum atomic E-state index is 12.1. The third kappa shape index (κ3) is 4.42. The van der Waals surface area contributed by atoms with Crippen LogP contribution in [0.4, 0.5) is 11.4 Å². The molecular formula is C21H24N2O3. The molecule has 0 radical (unpaired) electrons. The molecule has 1 aliphatic heterocycles. The summed E-state index contributed by atoms with van der Waals surface area (Å²) in [4.78, 5) is 25.7. The van der Waals surface area contributed by atoms with Crippen molar-refractivity contribution in [2.24, 2.45) is 0 Å². The van der Waals surface area contributed by atoms with Crippen LogP contribution in [0.5, 0.6) is 5.75 Å². The van der Waals surface area contributed by atoms with Gasteiger partial charge in [0.2, 0.25) is 5.91 Å². The molecule has 1 saturated heterocycles. The first-order chi connectivity index (χ1) is 12.5. The van der Waals surface area contributed by atoms with E-state index in [1.165, 1.54) is 5.56 Å². The summed E-state index contributed by atoms with van der Waals surface area (Å²) < 4.78 is 5.59. The van der Waals surface area contributed by atoms with Gasteiger partial charge < -0.3 is 15.0 Å². The third-order valence-corrected chi connectivity index (χ3v) is 4.43.